The quantitative estimate of drug-likeness (QED) is 0.535. The molecule has 0 amide bonds. The maximum absolute atomic E-state index is 6.06. The maximum Gasteiger partial charge on any atom is 0.220 e. The molecule has 0 spiro atoms. The molecular weight excluding hydrogens is 358 g/mol. The summed E-state index contributed by atoms with van der Waals surface area (Å²) in [6.07, 6.45) is 7.24. The molecule has 0 aliphatic carbocycles. The second-order valence-corrected chi connectivity index (χ2v) is 7.05. The average molecular weight is 375 g/mol. The summed E-state index contributed by atoms with van der Waals surface area (Å²) in [6.45, 7) is 2.11. The minimum absolute atomic E-state index is 0.0782. The first-order chi connectivity index (χ1) is 13.8. The molecule has 10 nitrogen and oxygen atoms in total. The highest BCUT2D eigenvalue weighted by molar-refractivity contribution is 6.02. The molecule has 10 heteroatoms. The zero-order valence-electron chi connectivity index (χ0n) is 14.9. The Morgan fingerprint density at radius 3 is 3.04 bits per heavy atom. The summed E-state index contributed by atoms with van der Waals surface area (Å²) < 4.78 is 8.06. The van der Waals surface area contributed by atoms with Crippen LogP contribution in [0.4, 0.5) is 11.6 Å². The third-order valence-corrected chi connectivity index (χ3v) is 5.49. The molecule has 140 valence electrons. The third-order valence-electron chi connectivity index (χ3n) is 5.49. The zero-order valence-corrected chi connectivity index (χ0v) is 14.9. The number of fused-ring (bicyclic) bond motifs is 4. The Morgan fingerprint density at radius 2 is 2.11 bits per heavy atom. The van der Waals surface area contributed by atoms with Gasteiger partial charge >= 0.3 is 0 Å². The van der Waals surface area contributed by atoms with E-state index in [0.29, 0.717) is 6.61 Å². The van der Waals surface area contributed by atoms with E-state index in [1.54, 1.807) is 12.4 Å². The number of pyridine rings is 1. The van der Waals surface area contributed by atoms with Crippen molar-refractivity contribution in [3.63, 3.8) is 0 Å². The number of ether oxygens (including phenoxy) is 1. The van der Waals surface area contributed by atoms with Gasteiger partial charge in [0.2, 0.25) is 5.95 Å². The van der Waals surface area contributed by atoms with Gasteiger partial charge in [-0.2, -0.15) is 0 Å². The van der Waals surface area contributed by atoms with Crippen LogP contribution in [0.5, 0.6) is 0 Å². The number of nitrogen functional groups attached to an aromatic ring is 1. The Hall–Kier alpha value is -3.53. The first kappa shape index (κ1) is 15.5. The molecule has 0 bridgehead atoms. The van der Waals surface area contributed by atoms with E-state index in [-0.39, 0.29) is 18.1 Å². The third kappa shape index (κ3) is 2.21. The normalized spacial score (nSPS) is 21.1. The van der Waals surface area contributed by atoms with Crippen LogP contribution in [0.15, 0.2) is 36.9 Å². The van der Waals surface area contributed by atoms with Gasteiger partial charge < -0.3 is 20.4 Å². The number of nitrogens with two attached hydrogens (primary N) is 1. The van der Waals surface area contributed by atoms with Crippen molar-refractivity contribution in [2.24, 2.45) is 0 Å². The number of hydrogen-bond donors (Lipinski definition) is 2. The molecule has 6 heterocycles. The van der Waals surface area contributed by atoms with Gasteiger partial charge in [0.25, 0.3) is 0 Å². The second kappa shape index (κ2) is 5.73. The van der Waals surface area contributed by atoms with Crippen LogP contribution in [0.3, 0.4) is 0 Å². The fourth-order valence-electron chi connectivity index (χ4n) is 4.22. The lowest BCUT2D eigenvalue weighted by molar-refractivity contribution is -0.00253. The molecule has 3 N–H and O–H groups in total. The Labute approximate surface area is 159 Å². The molecule has 1 fully saturated rings. The Balaban J connectivity index is 1.45. The molecule has 4 aromatic rings. The van der Waals surface area contributed by atoms with Crippen LogP contribution in [0.25, 0.3) is 22.3 Å². The smallest absolute Gasteiger partial charge is 0.220 e. The molecule has 6 rings (SSSR count). The number of aromatic nitrogens is 7. The summed E-state index contributed by atoms with van der Waals surface area (Å²) in [5, 5.41) is 9.32. The van der Waals surface area contributed by atoms with Crippen molar-refractivity contribution in [2.75, 3.05) is 23.7 Å². The van der Waals surface area contributed by atoms with E-state index in [9.17, 15) is 0 Å². The van der Waals surface area contributed by atoms with Crippen LogP contribution in [0, 0.1) is 0 Å². The van der Waals surface area contributed by atoms with E-state index in [2.05, 4.69) is 35.1 Å². The second-order valence-electron chi connectivity index (χ2n) is 7.05. The van der Waals surface area contributed by atoms with Crippen molar-refractivity contribution >= 4 is 22.7 Å². The number of anilines is 2. The number of rotatable bonds is 2. The molecule has 0 saturated carbocycles. The fourth-order valence-corrected chi connectivity index (χ4v) is 4.22. The molecular formula is C18H17N9O. The standard InChI is InChI=1S/C18H17N9O/c19-18-21-3-1-12(24-18)11-6-22-17-16(11)13(2-4-20-17)26-7-14-15(8-26)28-9-10-5-23-25-27(10)14/h1-6,14-15H,7-9H2,(H,20,22)(H2,19,21,24). The lowest BCUT2D eigenvalue weighted by Crippen LogP contribution is -2.32. The van der Waals surface area contributed by atoms with Crippen molar-refractivity contribution in [1.29, 1.82) is 0 Å². The molecule has 28 heavy (non-hydrogen) atoms. The van der Waals surface area contributed by atoms with Gasteiger partial charge in [0.1, 0.15) is 5.65 Å². The molecule has 1 saturated heterocycles. The summed E-state index contributed by atoms with van der Waals surface area (Å²) in [4.78, 5) is 18.4. The first-order valence-corrected chi connectivity index (χ1v) is 9.08. The van der Waals surface area contributed by atoms with E-state index in [1.165, 1.54) is 0 Å². The lowest BCUT2D eigenvalue weighted by atomic mass is 10.1. The molecule has 2 aliphatic heterocycles. The van der Waals surface area contributed by atoms with E-state index in [4.69, 9.17) is 10.5 Å². The van der Waals surface area contributed by atoms with Crippen LogP contribution >= 0.6 is 0 Å². The average Bonchev–Trinajstić information content (AvgIpc) is 3.43. The fraction of sp³-hybridized carbons (Fsp3) is 0.278. The summed E-state index contributed by atoms with van der Waals surface area (Å²) >= 11 is 0. The largest absolute Gasteiger partial charge is 0.368 e. The van der Waals surface area contributed by atoms with Crippen molar-refractivity contribution in [1.82, 2.24) is 34.9 Å². The Kier molecular flexibility index (Phi) is 3.18. The van der Waals surface area contributed by atoms with Crippen LogP contribution in [-0.4, -0.2) is 54.1 Å². The summed E-state index contributed by atoms with van der Waals surface area (Å²) in [6, 6.07) is 4.03. The van der Waals surface area contributed by atoms with E-state index < -0.39 is 0 Å². The van der Waals surface area contributed by atoms with E-state index in [0.717, 1.165) is 46.8 Å². The van der Waals surface area contributed by atoms with Crippen molar-refractivity contribution in [3.05, 3.63) is 42.6 Å². The van der Waals surface area contributed by atoms with Gasteiger partial charge in [0, 0.05) is 37.2 Å². The molecule has 2 aliphatic rings. The minimum atomic E-state index is 0.0782. The van der Waals surface area contributed by atoms with Crippen LogP contribution in [-0.2, 0) is 11.3 Å². The van der Waals surface area contributed by atoms with Gasteiger partial charge in [-0.3, -0.25) is 0 Å². The topological polar surface area (TPSA) is 124 Å². The zero-order chi connectivity index (χ0) is 18.7. The van der Waals surface area contributed by atoms with Gasteiger partial charge in [0.05, 0.1) is 47.4 Å². The highest BCUT2D eigenvalue weighted by Crippen LogP contribution is 2.39. The SMILES string of the molecule is Nc1nccc(-c2c[nH]c3nccc(N4CC5OCc6cnnn6C5C4)c23)n1. The van der Waals surface area contributed by atoms with Crippen molar-refractivity contribution < 1.29 is 4.74 Å². The summed E-state index contributed by atoms with van der Waals surface area (Å²) in [7, 11) is 0. The number of nitrogens with one attached hydrogen (secondary N) is 1. The monoisotopic (exact) mass is 375 g/mol. The number of nitrogens with zero attached hydrogens (tertiary/aromatic N) is 7. The van der Waals surface area contributed by atoms with Gasteiger partial charge in [-0.05, 0) is 12.1 Å². The van der Waals surface area contributed by atoms with Crippen molar-refractivity contribution in [2.45, 2.75) is 18.8 Å². The first-order valence-electron chi connectivity index (χ1n) is 9.08. The molecule has 2 unspecified atom stereocenters. The number of H-pyrrole nitrogens is 1. The summed E-state index contributed by atoms with van der Waals surface area (Å²) in [5.74, 6) is 0.247. The molecule has 2 atom stereocenters. The highest BCUT2D eigenvalue weighted by atomic mass is 16.5. The Morgan fingerprint density at radius 1 is 1.18 bits per heavy atom. The minimum Gasteiger partial charge on any atom is -0.368 e. The van der Waals surface area contributed by atoms with Gasteiger partial charge in [-0.1, -0.05) is 5.21 Å². The van der Waals surface area contributed by atoms with Gasteiger partial charge in [-0.15, -0.1) is 5.10 Å². The summed E-state index contributed by atoms with van der Waals surface area (Å²) in [5.41, 5.74) is 10.4. The number of hydrogen-bond acceptors (Lipinski definition) is 8. The maximum atomic E-state index is 6.06. The molecule has 4 aromatic heterocycles. The lowest BCUT2D eigenvalue weighted by Gasteiger charge is -2.25. The van der Waals surface area contributed by atoms with E-state index >= 15 is 0 Å². The predicted octanol–water partition coefficient (Wildman–Crippen LogP) is 1.15. The van der Waals surface area contributed by atoms with Crippen LogP contribution in [0.2, 0.25) is 0 Å². The number of aromatic amines is 1. The van der Waals surface area contributed by atoms with Crippen LogP contribution < -0.4 is 10.6 Å². The molecule has 0 aromatic carbocycles. The van der Waals surface area contributed by atoms with Gasteiger partial charge in [-0.25, -0.2) is 19.6 Å². The van der Waals surface area contributed by atoms with E-state index in [1.807, 2.05) is 29.2 Å². The Bertz CT molecular complexity index is 1180. The molecule has 0 radical (unpaired) electrons. The van der Waals surface area contributed by atoms with Crippen LogP contribution in [0.1, 0.15) is 11.7 Å². The predicted molar refractivity (Wildman–Crippen MR) is 101 cm³/mol. The van der Waals surface area contributed by atoms with Gasteiger partial charge in [0.15, 0.2) is 0 Å². The highest BCUT2D eigenvalue weighted by Gasteiger charge is 2.40. The van der Waals surface area contributed by atoms with Crippen molar-refractivity contribution in [3.8, 4) is 11.3 Å².